The van der Waals surface area contributed by atoms with Gasteiger partial charge >= 0.3 is 0 Å². The van der Waals surface area contributed by atoms with Gasteiger partial charge in [0.2, 0.25) is 0 Å². The first-order valence-electron chi connectivity index (χ1n) is 9.80. The van der Waals surface area contributed by atoms with E-state index in [2.05, 4.69) is 30.9 Å². The molecule has 4 heterocycles. The van der Waals surface area contributed by atoms with E-state index in [4.69, 9.17) is 4.52 Å². The Balaban J connectivity index is 1.59. The van der Waals surface area contributed by atoms with Gasteiger partial charge in [-0.05, 0) is 19.9 Å². The van der Waals surface area contributed by atoms with Gasteiger partial charge in [0.15, 0.2) is 5.69 Å². The Hall–Kier alpha value is -3.82. The van der Waals surface area contributed by atoms with Crippen LogP contribution < -0.4 is 5.32 Å². The third kappa shape index (κ3) is 3.96. The van der Waals surface area contributed by atoms with E-state index in [0.29, 0.717) is 22.8 Å². The second-order valence-corrected chi connectivity index (χ2v) is 8.42. The van der Waals surface area contributed by atoms with Crippen molar-refractivity contribution < 1.29 is 9.32 Å². The highest BCUT2D eigenvalue weighted by Gasteiger charge is 2.22. The van der Waals surface area contributed by atoms with Crippen LogP contribution in [0, 0.1) is 13.8 Å². The minimum Gasteiger partial charge on any atom is -0.360 e. The number of nitrogens with one attached hydrogen (secondary N) is 1. The van der Waals surface area contributed by atoms with Gasteiger partial charge in [-0.2, -0.15) is 5.10 Å². The van der Waals surface area contributed by atoms with Gasteiger partial charge in [0, 0.05) is 29.8 Å². The van der Waals surface area contributed by atoms with E-state index < -0.39 is 0 Å². The summed E-state index contributed by atoms with van der Waals surface area (Å²) in [5, 5.41) is 19.4. The molecule has 4 rings (SSSR count). The fourth-order valence-electron chi connectivity index (χ4n) is 3.01. The molecule has 0 aliphatic rings. The molecule has 4 aromatic rings. The zero-order chi connectivity index (χ0) is 22.3. The largest absolute Gasteiger partial charge is 0.360 e. The van der Waals surface area contributed by atoms with Crippen molar-refractivity contribution in [2.75, 3.05) is 5.32 Å². The summed E-state index contributed by atoms with van der Waals surface area (Å²) in [5.74, 6) is 0.266. The van der Waals surface area contributed by atoms with Gasteiger partial charge in [0.05, 0.1) is 35.7 Å². The molecular formula is C21H24N8O2. The van der Waals surface area contributed by atoms with Gasteiger partial charge < -0.3 is 9.84 Å². The minimum atomic E-state index is -0.374. The van der Waals surface area contributed by atoms with E-state index >= 15 is 0 Å². The molecule has 1 amide bonds. The van der Waals surface area contributed by atoms with Crippen LogP contribution in [0.4, 0.5) is 5.69 Å². The molecule has 10 heteroatoms. The Kier molecular flexibility index (Phi) is 4.92. The van der Waals surface area contributed by atoms with Crippen molar-refractivity contribution in [1.82, 2.24) is 34.9 Å². The third-order valence-corrected chi connectivity index (χ3v) is 5.05. The van der Waals surface area contributed by atoms with Crippen LogP contribution >= 0.6 is 0 Å². The number of nitrogens with zero attached hydrogens (tertiary/aromatic N) is 7. The molecular weight excluding hydrogens is 396 g/mol. The number of hydrogen-bond acceptors (Lipinski definition) is 7. The lowest BCUT2D eigenvalue weighted by atomic mass is 9.93. The lowest BCUT2D eigenvalue weighted by molar-refractivity contribution is 0.101. The van der Waals surface area contributed by atoms with E-state index in [1.54, 1.807) is 33.9 Å². The summed E-state index contributed by atoms with van der Waals surface area (Å²) in [6, 6.07) is 3.44. The lowest BCUT2D eigenvalue weighted by Gasteiger charge is -2.12. The molecule has 0 unspecified atom stereocenters. The first-order chi connectivity index (χ1) is 14.6. The average molecular weight is 420 g/mol. The van der Waals surface area contributed by atoms with E-state index in [-0.39, 0.29) is 17.0 Å². The molecule has 0 aliphatic heterocycles. The number of hydrogen-bond donors (Lipinski definition) is 1. The van der Waals surface area contributed by atoms with Crippen molar-refractivity contribution in [1.29, 1.82) is 0 Å². The molecule has 160 valence electrons. The second kappa shape index (κ2) is 7.46. The van der Waals surface area contributed by atoms with Gasteiger partial charge in [-0.15, -0.1) is 5.10 Å². The molecule has 0 radical (unpaired) electrons. The summed E-state index contributed by atoms with van der Waals surface area (Å²) in [7, 11) is 1.88. The number of rotatable bonds is 4. The molecule has 10 nitrogen and oxygen atoms in total. The van der Waals surface area contributed by atoms with Gasteiger partial charge in [0.25, 0.3) is 5.91 Å². The van der Waals surface area contributed by atoms with E-state index in [1.807, 2.05) is 47.9 Å². The zero-order valence-electron chi connectivity index (χ0n) is 18.3. The second-order valence-electron chi connectivity index (χ2n) is 8.42. The first-order valence-corrected chi connectivity index (χ1v) is 9.80. The molecule has 1 N–H and O–H groups in total. The highest BCUT2D eigenvalue weighted by molar-refractivity contribution is 6.02. The summed E-state index contributed by atoms with van der Waals surface area (Å²) in [6.07, 6.45) is 5.16. The van der Waals surface area contributed by atoms with E-state index in [9.17, 15) is 4.79 Å². The SMILES string of the molecule is Cc1ncc(NC(=O)c2cc(C(C)(C)C)on2)cc1-n1cc(-c2cnn(C)c2C)nn1. The predicted octanol–water partition coefficient (Wildman–Crippen LogP) is 3.22. The fourth-order valence-corrected chi connectivity index (χ4v) is 3.01. The zero-order valence-corrected chi connectivity index (χ0v) is 18.3. The van der Waals surface area contributed by atoms with Crippen molar-refractivity contribution >= 4 is 11.6 Å². The molecule has 4 aromatic heterocycles. The molecule has 0 fully saturated rings. The highest BCUT2D eigenvalue weighted by atomic mass is 16.5. The number of pyridine rings is 1. The van der Waals surface area contributed by atoms with Crippen LogP contribution in [0.25, 0.3) is 16.9 Å². The Labute approximate surface area is 179 Å². The summed E-state index contributed by atoms with van der Waals surface area (Å²) >= 11 is 0. The standard InChI is InChI=1S/C21H24N8O2/c1-12-18(29-11-17(25-27-29)15-10-23-28(6)13(15)2)7-14(9-22-12)24-20(30)16-8-19(31-26-16)21(3,4)5/h7-11H,1-6H3,(H,24,30). The van der Waals surface area contributed by atoms with Crippen LogP contribution in [0.2, 0.25) is 0 Å². The molecule has 0 atom stereocenters. The molecule has 31 heavy (non-hydrogen) atoms. The Morgan fingerprint density at radius 3 is 2.58 bits per heavy atom. The van der Waals surface area contributed by atoms with Crippen molar-refractivity contribution in [3.8, 4) is 16.9 Å². The van der Waals surface area contributed by atoms with E-state index in [0.717, 1.165) is 17.0 Å². The number of aromatic nitrogens is 7. The summed E-state index contributed by atoms with van der Waals surface area (Å²) < 4.78 is 8.72. The van der Waals surface area contributed by atoms with Crippen LogP contribution in [0.1, 0.15) is 48.4 Å². The van der Waals surface area contributed by atoms with Crippen molar-refractivity contribution in [3.05, 3.63) is 53.6 Å². The molecule has 0 aliphatic carbocycles. The summed E-state index contributed by atoms with van der Waals surface area (Å²) in [6.45, 7) is 9.81. The molecule has 0 aromatic carbocycles. The smallest absolute Gasteiger partial charge is 0.277 e. The van der Waals surface area contributed by atoms with Gasteiger partial charge in [-0.3, -0.25) is 14.5 Å². The number of amides is 1. The summed E-state index contributed by atoms with van der Waals surface area (Å²) in [5.41, 5.74) is 4.54. The quantitative estimate of drug-likeness (QED) is 0.539. The first kappa shape index (κ1) is 20.5. The number of aryl methyl sites for hydroxylation is 2. The Bertz CT molecular complexity index is 1260. The van der Waals surface area contributed by atoms with Crippen LogP contribution in [0.5, 0.6) is 0 Å². The Morgan fingerprint density at radius 1 is 1.16 bits per heavy atom. The van der Waals surface area contributed by atoms with Crippen LogP contribution in [0.3, 0.4) is 0 Å². The maximum Gasteiger partial charge on any atom is 0.277 e. The average Bonchev–Trinajstić information content (AvgIpc) is 3.44. The monoisotopic (exact) mass is 420 g/mol. The van der Waals surface area contributed by atoms with Crippen molar-refractivity contribution in [2.45, 2.75) is 40.0 Å². The maximum absolute atomic E-state index is 12.6. The molecule has 0 saturated heterocycles. The number of carbonyl (C=O) groups is 1. The van der Waals surface area contributed by atoms with Gasteiger partial charge in [0.1, 0.15) is 11.5 Å². The van der Waals surface area contributed by atoms with Crippen LogP contribution in [-0.2, 0) is 12.5 Å². The number of carbonyl (C=O) groups excluding carboxylic acids is 1. The fraction of sp³-hybridized carbons (Fsp3) is 0.333. The highest BCUT2D eigenvalue weighted by Crippen LogP contribution is 2.24. The third-order valence-electron chi connectivity index (χ3n) is 5.05. The van der Waals surface area contributed by atoms with Crippen LogP contribution in [0.15, 0.2) is 35.2 Å². The molecule has 0 saturated carbocycles. The van der Waals surface area contributed by atoms with Crippen molar-refractivity contribution in [2.24, 2.45) is 7.05 Å². The van der Waals surface area contributed by atoms with Gasteiger partial charge in [-0.1, -0.05) is 31.1 Å². The summed E-state index contributed by atoms with van der Waals surface area (Å²) in [4.78, 5) is 17.0. The molecule has 0 spiro atoms. The lowest BCUT2D eigenvalue weighted by Crippen LogP contribution is -2.14. The van der Waals surface area contributed by atoms with E-state index in [1.165, 1.54) is 0 Å². The minimum absolute atomic E-state index is 0.210. The van der Waals surface area contributed by atoms with Crippen molar-refractivity contribution in [3.63, 3.8) is 0 Å². The normalized spacial score (nSPS) is 11.7. The predicted molar refractivity (Wildman–Crippen MR) is 114 cm³/mol. The molecule has 0 bridgehead atoms. The number of anilines is 1. The maximum atomic E-state index is 12.6. The van der Waals surface area contributed by atoms with Crippen LogP contribution in [-0.4, -0.2) is 40.8 Å². The topological polar surface area (TPSA) is 117 Å². The van der Waals surface area contributed by atoms with Gasteiger partial charge in [-0.25, -0.2) is 4.68 Å². The Morgan fingerprint density at radius 2 is 1.94 bits per heavy atom.